The van der Waals surface area contributed by atoms with Gasteiger partial charge in [0.15, 0.2) is 11.5 Å². The van der Waals surface area contributed by atoms with Crippen molar-refractivity contribution in [1.82, 2.24) is 0 Å². The third-order valence-corrected chi connectivity index (χ3v) is 3.87. The lowest BCUT2D eigenvalue weighted by molar-refractivity contribution is 0.373. The molecule has 3 N–H and O–H groups in total. The Labute approximate surface area is 145 Å². The zero-order chi connectivity index (χ0) is 17.8. The van der Waals surface area contributed by atoms with E-state index in [1.165, 1.54) is 7.11 Å². The van der Waals surface area contributed by atoms with Crippen LogP contribution < -0.4 is 4.74 Å². The molecule has 25 heavy (non-hydrogen) atoms. The topological polar surface area (TPSA) is 69.9 Å². The molecule has 0 bridgehead atoms. The minimum absolute atomic E-state index is 0.0791. The van der Waals surface area contributed by atoms with E-state index in [0.29, 0.717) is 5.75 Å². The van der Waals surface area contributed by atoms with Gasteiger partial charge in [-0.25, -0.2) is 0 Å². The second kappa shape index (κ2) is 7.01. The summed E-state index contributed by atoms with van der Waals surface area (Å²) in [6.45, 7) is 0. The average molecular weight is 334 g/mol. The molecule has 0 aliphatic rings. The number of benzene rings is 3. The van der Waals surface area contributed by atoms with E-state index < -0.39 is 0 Å². The molecule has 126 valence electrons. The third-order valence-electron chi connectivity index (χ3n) is 3.87. The first-order chi connectivity index (χ1) is 12.1. The molecule has 0 aliphatic heterocycles. The Bertz CT molecular complexity index is 847. The van der Waals surface area contributed by atoms with Crippen molar-refractivity contribution in [3.63, 3.8) is 0 Å². The SMILES string of the molecule is COc1cc(C=C(c2ccc(O)cc2)c2ccc(O)cc2)ccc1O. The number of aromatic hydroxyl groups is 3. The van der Waals surface area contributed by atoms with Crippen LogP contribution in [0.25, 0.3) is 11.6 Å². The summed E-state index contributed by atoms with van der Waals surface area (Å²) >= 11 is 0. The summed E-state index contributed by atoms with van der Waals surface area (Å²) in [7, 11) is 1.50. The summed E-state index contributed by atoms with van der Waals surface area (Å²) in [6.07, 6.45) is 1.96. The molecule has 3 rings (SSSR count). The van der Waals surface area contributed by atoms with Gasteiger partial charge >= 0.3 is 0 Å². The van der Waals surface area contributed by atoms with E-state index in [1.807, 2.05) is 30.3 Å². The van der Waals surface area contributed by atoms with Gasteiger partial charge in [-0.1, -0.05) is 30.3 Å². The van der Waals surface area contributed by atoms with E-state index in [-0.39, 0.29) is 17.2 Å². The highest BCUT2D eigenvalue weighted by atomic mass is 16.5. The molecule has 3 aromatic rings. The number of rotatable bonds is 4. The normalized spacial score (nSPS) is 10.3. The quantitative estimate of drug-likeness (QED) is 0.619. The van der Waals surface area contributed by atoms with Crippen LogP contribution in [0.3, 0.4) is 0 Å². The van der Waals surface area contributed by atoms with Gasteiger partial charge in [0.2, 0.25) is 0 Å². The Morgan fingerprint density at radius 1 is 0.760 bits per heavy atom. The Hall–Kier alpha value is -3.40. The van der Waals surface area contributed by atoms with Gasteiger partial charge in [0.25, 0.3) is 0 Å². The molecule has 0 spiro atoms. The monoisotopic (exact) mass is 334 g/mol. The van der Waals surface area contributed by atoms with Crippen LogP contribution in [0.5, 0.6) is 23.0 Å². The Balaban J connectivity index is 2.13. The van der Waals surface area contributed by atoms with Crippen LogP contribution in [0.2, 0.25) is 0 Å². The molecule has 0 atom stereocenters. The standard InChI is InChI=1S/C21H18O4/c1-25-21-13-14(2-11-20(21)24)12-19(15-3-7-17(22)8-4-15)16-5-9-18(23)10-6-16/h2-13,22-24H,1H3. The highest BCUT2D eigenvalue weighted by Crippen LogP contribution is 2.31. The van der Waals surface area contributed by atoms with Gasteiger partial charge < -0.3 is 20.1 Å². The fourth-order valence-electron chi connectivity index (χ4n) is 2.57. The van der Waals surface area contributed by atoms with E-state index in [4.69, 9.17) is 4.74 Å². The first-order valence-corrected chi connectivity index (χ1v) is 7.74. The fraction of sp³-hybridized carbons (Fsp3) is 0.0476. The van der Waals surface area contributed by atoms with E-state index in [2.05, 4.69) is 0 Å². The molecule has 3 aromatic carbocycles. The molecular weight excluding hydrogens is 316 g/mol. The van der Waals surface area contributed by atoms with E-state index in [9.17, 15) is 15.3 Å². The molecular formula is C21H18O4. The highest BCUT2D eigenvalue weighted by Gasteiger charge is 2.08. The number of phenols is 3. The molecule has 0 saturated carbocycles. The van der Waals surface area contributed by atoms with Crippen LogP contribution in [0.1, 0.15) is 16.7 Å². The predicted octanol–water partition coefficient (Wildman–Crippen LogP) is 4.40. The van der Waals surface area contributed by atoms with E-state index in [0.717, 1.165) is 22.3 Å². The van der Waals surface area contributed by atoms with Crippen molar-refractivity contribution in [3.05, 3.63) is 83.4 Å². The molecule has 0 aliphatic carbocycles. The summed E-state index contributed by atoms with van der Waals surface area (Å²) in [5, 5.41) is 28.8. The second-order valence-electron chi connectivity index (χ2n) is 5.58. The Morgan fingerprint density at radius 2 is 1.28 bits per heavy atom. The maximum Gasteiger partial charge on any atom is 0.161 e. The molecule has 0 unspecified atom stereocenters. The van der Waals surface area contributed by atoms with Crippen molar-refractivity contribution in [2.45, 2.75) is 0 Å². The van der Waals surface area contributed by atoms with Gasteiger partial charge in [0.1, 0.15) is 11.5 Å². The molecule has 4 heteroatoms. The molecule has 0 amide bonds. The van der Waals surface area contributed by atoms with Crippen molar-refractivity contribution in [2.24, 2.45) is 0 Å². The smallest absolute Gasteiger partial charge is 0.161 e. The largest absolute Gasteiger partial charge is 0.508 e. The maximum absolute atomic E-state index is 9.76. The van der Waals surface area contributed by atoms with Crippen molar-refractivity contribution in [1.29, 1.82) is 0 Å². The lowest BCUT2D eigenvalue weighted by Gasteiger charge is -2.11. The number of methoxy groups -OCH3 is 1. The van der Waals surface area contributed by atoms with Gasteiger partial charge in [-0.05, 0) is 64.7 Å². The lowest BCUT2D eigenvalue weighted by atomic mass is 9.95. The minimum atomic E-state index is 0.0791. The number of hydrogen-bond acceptors (Lipinski definition) is 4. The van der Waals surface area contributed by atoms with Crippen molar-refractivity contribution in [3.8, 4) is 23.0 Å². The first-order valence-electron chi connectivity index (χ1n) is 7.74. The van der Waals surface area contributed by atoms with Crippen molar-refractivity contribution < 1.29 is 20.1 Å². The number of phenolic OH excluding ortho intramolecular Hbond substituents is 3. The zero-order valence-corrected chi connectivity index (χ0v) is 13.7. The van der Waals surface area contributed by atoms with Crippen molar-refractivity contribution in [2.75, 3.05) is 7.11 Å². The van der Waals surface area contributed by atoms with Crippen LogP contribution in [0.15, 0.2) is 66.7 Å². The maximum atomic E-state index is 9.76. The van der Waals surface area contributed by atoms with E-state index in [1.54, 1.807) is 42.5 Å². The third kappa shape index (κ3) is 3.75. The fourth-order valence-corrected chi connectivity index (χ4v) is 2.57. The molecule has 0 aromatic heterocycles. The van der Waals surface area contributed by atoms with Crippen molar-refractivity contribution >= 4 is 11.6 Å². The van der Waals surface area contributed by atoms with Crippen LogP contribution in [0, 0.1) is 0 Å². The Morgan fingerprint density at radius 3 is 1.76 bits per heavy atom. The number of ether oxygens (including phenoxy) is 1. The van der Waals surface area contributed by atoms with Gasteiger partial charge in [-0.2, -0.15) is 0 Å². The summed E-state index contributed by atoms with van der Waals surface area (Å²) in [5.74, 6) is 0.861. The Kier molecular flexibility index (Phi) is 4.61. The van der Waals surface area contributed by atoms with Crippen LogP contribution in [-0.2, 0) is 0 Å². The second-order valence-corrected chi connectivity index (χ2v) is 5.58. The highest BCUT2D eigenvalue weighted by molar-refractivity contribution is 5.91. The predicted molar refractivity (Wildman–Crippen MR) is 97.8 cm³/mol. The molecule has 0 heterocycles. The van der Waals surface area contributed by atoms with Crippen LogP contribution in [-0.4, -0.2) is 22.4 Å². The lowest BCUT2D eigenvalue weighted by Crippen LogP contribution is -1.89. The van der Waals surface area contributed by atoms with Crippen LogP contribution in [0.4, 0.5) is 0 Å². The van der Waals surface area contributed by atoms with Gasteiger partial charge in [-0.3, -0.25) is 0 Å². The summed E-state index contributed by atoms with van der Waals surface area (Å²) in [5.41, 5.74) is 3.59. The van der Waals surface area contributed by atoms with Gasteiger partial charge in [0, 0.05) is 0 Å². The minimum Gasteiger partial charge on any atom is -0.508 e. The van der Waals surface area contributed by atoms with Gasteiger partial charge in [0.05, 0.1) is 7.11 Å². The summed E-state index contributed by atoms with van der Waals surface area (Å²) in [6, 6.07) is 18.9. The summed E-state index contributed by atoms with van der Waals surface area (Å²) < 4.78 is 5.16. The molecule has 4 nitrogen and oxygen atoms in total. The molecule has 0 radical (unpaired) electrons. The molecule has 0 fully saturated rings. The number of hydrogen-bond donors (Lipinski definition) is 3. The van der Waals surface area contributed by atoms with Gasteiger partial charge in [-0.15, -0.1) is 0 Å². The summed E-state index contributed by atoms with van der Waals surface area (Å²) in [4.78, 5) is 0. The first kappa shape index (κ1) is 16.5. The van der Waals surface area contributed by atoms with E-state index >= 15 is 0 Å². The zero-order valence-electron chi connectivity index (χ0n) is 13.7. The average Bonchev–Trinajstić information content (AvgIpc) is 2.63. The molecule has 0 saturated heterocycles. The van der Waals surface area contributed by atoms with Crippen LogP contribution >= 0.6 is 0 Å².